The fraction of sp³-hybridized carbons (Fsp3) is 0.400. The maximum atomic E-state index is 12.2. The molecular formula is C20H27N3O4. The Morgan fingerprint density at radius 2 is 2.04 bits per heavy atom. The molecule has 2 rings (SSSR count). The Labute approximate surface area is 159 Å². The fourth-order valence-corrected chi connectivity index (χ4v) is 2.32. The van der Waals surface area contributed by atoms with E-state index in [2.05, 4.69) is 19.2 Å². The molecule has 1 aromatic heterocycles. The summed E-state index contributed by atoms with van der Waals surface area (Å²) in [4.78, 5) is 25.8. The fourth-order valence-electron chi connectivity index (χ4n) is 2.32. The van der Waals surface area contributed by atoms with Crippen LogP contribution >= 0.6 is 0 Å². The average molecular weight is 373 g/mol. The molecule has 7 heteroatoms. The molecule has 2 amide bonds. The molecule has 1 unspecified atom stereocenters. The van der Waals surface area contributed by atoms with E-state index in [1.54, 1.807) is 48.3 Å². The van der Waals surface area contributed by atoms with E-state index in [4.69, 9.17) is 14.9 Å². The molecular weight excluding hydrogens is 346 g/mol. The van der Waals surface area contributed by atoms with Crippen LogP contribution < -0.4 is 15.8 Å². The second-order valence-corrected chi connectivity index (χ2v) is 6.76. The molecule has 0 aliphatic carbocycles. The molecule has 7 nitrogen and oxygen atoms in total. The number of benzene rings is 1. The first kappa shape index (κ1) is 20.5. The van der Waals surface area contributed by atoms with E-state index in [1.807, 2.05) is 0 Å². The Bertz CT molecular complexity index is 743. The minimum absolute atomic E-state index is 0.0654. The topological polar surface area (TPSA) is 97.8 Å². The maximum absolute atomic E-state index is 12.2. The molecule has 3 N–H and O–H groups in total. The van der Waals surface area contributed by atoms with Gasteiger partial charge >= 0.3 is 0 Å². The zero-order valence-electron chi connectivity index (χ0n) is 16.0. The van der Waals surface area contributed by atoms with Crippen LogP contribution in [0.4, 0.5) is 5.69 Å². The van der Waals surface area contributed by atoms with Crippen molar-refractivity contribution in [1.82, 2.24) is 4.90 Å². The molecule has 0 radical (unpaired) electrons. The molecule has 27 heavy (non-hydrogen) atoms. The largest absolute Gasteiger partial charge is 0.484 e. The van der Waals surface area contributed by atoms with Crippen LogP contribution in [0.15, 0.2) is 47.1 Å². The lowest BCUT2D eigenvalue weighted by atomic mass is 10.0. The number of ether oxygens (including phenoxy) is 1. The van der Waals surface area contributed by atoms with Crippen molar-refractivity contribution in [2.75, 3.05) is 25.5 Å². The molecule has 146 valence electrons. The number of nitrogens with one attached hydrogen (secondary N) is 1. The van der Waals surface area contributed by atoms with Gasteiger partial charge in [-0.2, -0.15) is 0 Å². The van der Waals surface area contributed by atoms with Crippen LogP contribution in [0, 0.1) is 5.92 Å². The molecule has 0 fully saturated rings. The number of nitrogens with two attached hydrogens (primary N) is 1. The smallest absolute Gasteiger partial charge is 0.291 e. The molecule has 1 atom stereocenters. The highest BCUT2D eigenvalue weighted by molar-refractivity contribution is 6.02. The highest BCUT2D eigenvalue weighted by Gasteiger charge is 2.14. The average Bonchev–Trinajstić information content (AvgIpc) is 3.19. The SMILES string of the molecule is CC(C)C(N)CCN(C)C(=O)COc1cccc(NC(=O)c2ccco2)c1. The van der Waals surface area contributed by atoms with Gasteiger partial charge in [-0.1, -0.05) is 19.9 Å². The highest BCUT2D eigenvalue weighted by Crippen LogP contribution is 2.18. The lowest BCUT2D eigenvalue weighted by molar-refractivity contribution is -0.132. The number of carbonyl (C=O) groups excluding carboxylic acids is 2. The first-order valence-electron chi connectivity index (χ1n) is 8.94. The summed E-state index contributed by atoms with van der Waals surface area (Å²) in [6.45, 7) is 4.63. The monoisotopic (exact) mass is 373 g/mol. The van der Waals surface area contributed by atoms with Crippen LogP contribution in [0.2, 0.25) is 0 Å². The van der Waals surface area contributed by atoms with Gasteiger partial charge in [0.1, 0.15) is 5.75 Å². The van der Waals surface area contributed by atoms with Gasteiger partial charge in [-0.15, -0.1) is 0 Å². The molecule has 0 saturated heterocycles. The number of rotatable bonds is 9. The molecule has 1 aromatic carbocycles. The number of nitrogens with zero attached hydrogens (tertiary/aromatic N) is 1. The van der Waals surface area contributed by atoms with Gasteiger partial charge in [-0.25, -0.2) is 0 Å². The van der Waals surface area contributed by atoms with Crippen LogP contribution in [0.1, 0.15) is 30.8 Å². The quantitative estimate of drug-likeness (QED) is 0.704. The first-order valence-corrected chi connectivity index (χ1v) is 8.94. The van der Waals surface area contributed by atoms with Crippen molar-refractivity contribution < 1.29 is 18.7 Å². The lowest BCUT2D eigenvalue weighted by Crippen LogP contribution is -2.36. The number of furan rings is 1. The van der Waals surface area contributed by atoms with Crippen LogP contribution in [0.25, 0.3) is 0 Å². The van der Waals surface area contributed by atoms with Crippen LogP contribution in [-0.2, 0) is 4.79 Å². The maximum Gasteiger partial charge on any atom is 0.291 e. The third kappa shape index (κ3) is 6.45. The normalized spacial score (nSPS) is 11.9. The van der Waals surface area contributed by atoms with E-state index in [-0.39, 0.29) is 30.2 Å². The Hall–Kier alpha value is -2.80. The van der Waals surface area contributed by atoms with Gasteiger partial charge in [0.2, 0.25) is 0 Å². The van der Waals surface area contributed by atoms with E-state index in [0.29, 0.717) is 23.9 Å². The predicted octanol–water partition coefficient (Wildman–Crippen LogP) is 2.74. The van der Waals surface area contributed by atoms with Gasteiger partial charge < -0.3 is 25.1 Å². The zero-order valence-corrected chi connectivity index (χ0v) is 16.0. The highest BCUT2D eigenvalue weighted by atomic mass is 16.5. The van der Waals surface area contributed by atoms with E-state index in [1.165, 1.54) is 6.26 Å². The molecule has 0 saturated carbocycles. The predicted molar refractivity (Wildman–Crippen MR) is 104 cm³/mol. The summed E-state index contributed by atoms with van der Waals surface area (Å²) in [5.74, 6) is 0.611. The number of amides is 2. The van der Waals surface area contributed by atoms with Crippen molar-refractivity contribution in [3.05, 3.63) is 48.4 Å². The summed E-state index contributed by atoms with van der Waals surface area (Å²) in [5, 5.41) is 2.72. The van der Waals surface area contributed by atoms with Crippen molar-refractivity contribution in [3.63, 3.8) is 0 Å². The number of hydrogen-bond donors (Lipinski definition) is 2. The number of likely N-dealkylation sites (N-methyl/N-ethyl adjacent to an activating group) is 1. The second kappa shape index (κ2) is 9.78. The Morgan fingerprint density at radius 1 is 1.26 bits per heavy atom. The molecule has 0 aliphatic rings. The number of carbonyl (C=O) groups is 2. The van der Waals surface area contributed by atoms with Crippen LogP contribution in [0.3, 0.4) is 0 Å². The van der Waals surface area contributed by atoms with E-state index < -0.39 is 0 Å². The third-order valence-corrected chi connectivity index (χ3v) is 4.28. The number of anilines is 1. The van der Waals surface area contributed by atoms with Gasteiger partial charge in [-0.3, -0.25) is 9.59 Å². The van der Waals surface area contributed by atoms with E-state index >= 15 is 0 Å². The summed E-state index contributed by atoms with van der Waals surface area (Å²) in [6.07, 6.45) is 2.18. The van der Waals surface area contributed by atoms with Gasteiger partial charge in [-0.05, 0) is 36.6 Å². The molecule has 0 bridgehead atoms. The molecule has 1 heterocycles. The standard InChI is InChI=1S/C20H27N3O4/c1-14(2)17(21)9-10-23(3)19(24)13-27-16-7-4-6-15(12-16)22-20(25)18-8-5-11-26-18/h4-8,11-12,14,17H,9-10,13,21H2,1-3H3,(H,22,25). The van der Waals surface area contributed by atoms with E-state index in [9.17, 15) is 9.59 Å². The Balaban J connectivity index is 1.83. The van der Waals surface area contributed by atoms with Crippen LogP contribution in [-0.4, -0.2) is 43.0 Å². The van der Waals surface area contributed by atoms with Gasteiger partial charge in [0.15, 0.2) is 12.4 Å². The van der Waals surface area contributed by atoms with Crippen molar-refractivity contribution in [3.8, 4) is 5.75 Å². The van der Waals surface area contributed by atoms with Crippen molar-refractivity contribution in [2.24, 2.45) is 11.7 Å². The third-order valence-electron chi connectivity index (χ3n) is 4.28. The van der Waals surface area contributed by atoms with E-state index in [0.717, 1.165) is 6.42 Å². The van der Waals surface area contributed by atoms with Gasteiger partial charge in [0, 0.05) is 31.4 Å². The molecule has 0 spiro atoms. The minimum Gasteiger partial charge on any atom is -0.484 e. The zero-order chi connectivity index (χ0) is 19.8. The minimum atomic E-state index is -0.352. The summed E-state index contributed by atoms with van der Waals surface area (Å²) in [6, 6.07) is 10.1. The first-order chi connectivity index (χ1) is 12.9. The van der Waals surface area contributed by atoms with Gasteiger partial charge in [0.25, 0.3) is 11.8 Å². The number of hydrogen-bond acceptors (Lipinski definition) is 5. The summed E-state index contributed by atoms with van der Waals surface area (Å²) >= 11 is 0. The van der Waals surface area contributed by atoms with Crippen molar-refractivity contribution >= 4 is 17.5 Å². The second-order valence-electron chi connectivity index (χ2n) is 6.76. The molecule has 2 aromatic rings. The van der Waals surface area contributed by atoms with Gasteiger partial charge in [0.05, 0.1) is 6.26 Å². The Kier molecular flexibility index (Phi) is 7.43. The summed E-state index contributed by atoms with van der Waals surface area (Å²) in [5.41, 5.74) is 6.56. The summed E-state index contributed by atoms with van der Waals surface area (Å²) in [7, 11) is 1.73. The lowest BCUT2D eigenvalue weighted by Gasteiger charge is -2.21. The Morgan fingerprint density at radius 3 is 2.70 bits per heavy atom. The summed E-state index contributed by atoms with van der Waals surface area (Å²) < 4.78 is 10.6. The molecule has 0 aliphatic heterocycles. The van der Waals surface area contributed by atoms with Crippen molar-refractivity contribution in [1.29, 1.82) is 0 Å². The van der Waals surface area contributed by atoms with Crippen molar-refractivity contribution in [2.45, 2.75) is 26.3 Å². The van der Waals surface area contributed by atoms with Crippen LogP contribution in [0.5, 0.6) is 5.75 Å².